The Morgan fingerprint density at radius 2 is 1.56 bits per heavy atom. The van der Waals surface area contributed by atoms with Crippen molar-refractivity contribution in [1.29, 1.82) is 0 Å². The molecule has 3 aromatic heterocycles. The van der Waals surface area contributed by atoms with Crippen molar-refractivity contribution in [1.82, 2.24) is 45.3 Å². The molecule has 0 radical (unpaired) electrons. The van der Waals surface area contributed by atoms with Crippen molar-refractivity contribution in [2.45, 2.75) is 71.0 Å². The molecule has 2 saturated heterocycles. The van der Waals surface area contributed by atoms with Crippen LogP contribution >= 0.6 is 0 Å². The third-order valence-corrected chi connectivity index (χ3v) is 12.9. The molecule has 1 aliphatic carbocycles. The van der Waals surface area contributed by atoms with Crippen LogP contribution in [0.25, 0.3) is 11.0 Å². The van der Waals surface area contributed by atoms with Gasteiger partial charge in [0.15, 0.2) is 5.78 Å². The predicted molar refractivity (Wildman–Crippen MR) is 253 cm³/mol. The van der Waals surface area contributed by atoms with Crippen LogP contribution in [0.3, 0.4) is 0 Å². The average Bonchev–Trinajstić information content (AvgIpc) is 3.96. The fourth-order valence-electron chi connectivity index (χ4n) is 9.34. The number of Topliss-reactive ketones (excluding diaryl/α,β-unsaturated/α-hetero) is 1. The second kappa shape index (κ2) is 22.6. The molecule has 0 bridgehead atoms. The van der Waals surface area contributed by atoms with Gasteiger partial charge in [-0.15, -0.1) is 0 Å². The van der Waals surface area contributed by atoms with Crippen LogP contribution in [0.15, 0.2) is 47.5 Å². The van der Waals surface area contributed by atoms with Gasteiger partial charge in [0.25, 0.3) is 17.4 Å². The first-order valence-electron chi connectivity index (χ1n) is 23.6. The first kappa shape index (κ1) is 49.4. The molecule has 1 unspecified atom stereocenters. The lowest BCUT2D eigenvalue weighted by Gasteiger charge is -2.35. The zero-order valence-corrected chi connectivity index (χ0v) is 39.3. The van der Waals surface area contributed by atoms with Crippen molar-refractivity contribution < 1.29 is 47.8 Å². The van der Waals surface area contributed by atoms with Crippen LogP contribution in [0.1, 0.15) is 93.7 Å². The number of fused-ring (bicyclic) bond motifs is 2. The van der Waals surface area contributed by atoms with Crippen molar-refractivity contribution in [2.75, 3.05) is 89.1 Å². The van der Waals surface area contributed by atoms with Crippen LogP contribution in [0.2, 0.25) is 0 Å². The Hall–Kier alpha value is -7.01. The number of ketones is 1. The number of piperidine rings is 1. The Morgan fingerprint density at radius 1 is 0.814 bits per heavy atom. The lowest BCUT2D eigenvalue weighted by Crippen LogP contribution is -2.54. The van der Waals surface area contributed by atoms with E-state index in [1.807, 2.05) is 12.1 Å². The lowest BCUT2D eigenvalue weighted by atomic mass is 10.0. The Labute approximate surface area is 402 Å². The minimum Gasteiger partial charge on any atom is -0.377 e. The summed E-state index contributed by atoms with van der Waals surface area (Å²) in [5.74, 6) is -2.37. The van der Waals surface area contributed by atoms with Crippen LogP contribution in [-0.2, 0) is 39.9 Å². The van der Waals surface area contributed by atoms with Crippen molar-refractivity contribution in [3.63, 3.8) is 0 Å². The van der Waals surface area contributed by atoms with Crippen LogP contribution in [-0.4, -0.2) is 155 Å². The highest BCUT2D eigenvalue weighted by atomic mass is 16.5. The first-order chi connectivity index (χ1) is 33.9. The molecule has 22 heteroatoms. The summed E-state index contributed by atoms with van der Waals surface area (Å²) in [6.45, 7) is 7.62. The molecule has 0 spiro atoms. The number of nitrogens with zero attached hydrogens (tertiary/aromatic N) is 7. The first-order valence-corrected chi connectivity index (χ1v) is 23.6. The van der Waals surface area contributed by atoms with Crippen molar-refractivity contribution in [3.05, 3.63) is 80.9 Å². The fraction of sp³-hybridized carbons (Fsp3) is 0.479. The molecule has 22 nitrogen and oxygen atoms in total. The maximum Gasteiger partial charge on any atom is 0.263 e. The minimum absolute atomic E-state index is 0.0158. The summed E-state index contributed by atoms with van der Waals surface area (Å²) in [5, 5.41) is 11.6. The molecule has 8 rings (SSSR count). The van der Waals surface area contributed by atoms with Gasteiger partial charge >= 0.3 is 0 Å². The molecule has 4 aliphatic rings. The topological polar surface area (TPSA) is 266 Å². The number of nitrogens with one attached hydrogen (secondary N) is 4. The van der Waals surface area contributed by atoms with Gasteiger partial charge in [-0.05, 0) is 62.4 Å². The van der Waals surface area contributed by atoms with Crippen molar-refractivity contribution in [3.8, 4) is 0 Å². The number of imide groups is 2. The SMILES string of the molecule is CC(=O)c1c(C)c2cnc(Nc3ccc(N4CCN(CC(=O)NCCOCCOCCOCC(=O)NCc5cccc6c5C(=O)N(C5CCC(=O)NC5=O)C6=O)CC4)cn3)nc2n(C2CCCC2)c1=O. The van der Waals surface area contributed by atoms with E-state index in [0.717, 1.165) is 49.4 Å². The molecular weight excluding hydrogens is 907 g/mol. The molecule has 370 valence electrons. The van der Waals surface area contributed by atoms with Gasteiger partial charge in [-0.2, -0.15) is 4.98 Å². The predicted octanol–water partition coefficient (Wildman–Crippen LogP) is 1.56. The number of anilines is 3. The lowest BCUT2D eigenvalue weighted by molar-refractivity contribution is -0.136. The molecule has 1 saturated carbocycles. The Balaban J connectivity index is 0.665. The van der Waals surface area contributed by atoms with Crippen LogP contribution in [0.4, 0.5) is 17.5 Å². The highest BCUT2D eigenvalue weighted by Crippen LogP contribution is 2.33. The number of rotatable bonds is 21. The fourth-order valence-corrected chi connectivity index (χ4v) is 9.34. The quantitative estimate of drug-likeness (QED) is 0.0525. The van der Waals surface area contributed by atoms with Crippen molar-refractivity contribution in [2.24, 2.45) is 0 Å². The number of hydrogen-bond donors (Lipinski definition) is 4. The van der Waals surface area contributed by atoms with E-state index < -0.39 is 35.6 Å². The van der Waals surface area contributed by atoms with Gasteiger partial charge in [0.1, 0.15) is 24.1 Å². The molecule has 1 aromatic carbocycles. The molecule has 1 atom stereocenters. The van der Waals surface area contributed by atoms with E-state index in [2.05, 4.69) is 41.0 Å². The summed E-state index contributed by atoms with van der Waals surface area (Å²) in [4.78, 5) is 120. The molecule has 3 fully saturated rings. The molecule has 70 heavy (non-hydrogen) atoms. The number of hydrogen-bond acceptors (Lipinski definition) is 17. The smallest absolute Gasteiger partial charge is 0.263 e. The van der Waals surface area contributed by atoms with Gasteiger partial charge in [0.05, 0.1) is 68.2 Å². The summed E-state index contributed by atoms with van der Waals surface area (Å²) < 4.78 is 18.2. The van der Waals surface area contributed by atoms with Gasteiger partial charge in [-0.25, -0.2) is 9.97 Å². The van der Waals surface area contributed by atoms with Crippen LogP contribution in [0.5, 0.6) is 0 Å². The molecule has 3 aliphatic heterocycles. The summed E-state index contributed by atoms with van der Waals surface area (Å²) in [6, 6.07) is 7.42. The molecule has 6 heterocycles. The number of aromatic nitrogens is 4. The second-order valence-electron chi connectivity index (χ2n) is 17.6. The molecular formula is C48H57N11O11. The van der Waals surface area contributed by atoms with Gasteiger partial charge in [0, 0.05) is 63.3 Å². The van der Waals surface area contributed by atoms with Crippen LogP contribution < -0.4 is 31.7 Å². The largest absolute Gasteiger partial charge is 0.377 e. The maximum atomic E-state index is 13.6. The normalized spacial score (nSPS) is 17.5. The molecule has 4 N–H and O–H groups in total. The zero-order valence-electron chi connectivity index (χ0n) is 39.3. The van der Waals surface area contributed by atoms with E-state index in [-0.39, 0.29) is 92.3 Å². The van der Waals surface area contributed by atoms with Gasteiger partial charge in [-0.1, -0.05) is 25.0 Å². The number of pyridine rings is 2. The monoisotopic (exact) mass is 963 g/mol. The van der Waals surface area contributed by atoms with Crippen molar-refractivity contribution >= 4 is 69.7 Å². The van der Waals surface area contributed by atoms with E-state index in [0.29, 0.717) is 66.8 Å². The Bertz CT molecular complexity index is 2710. The second-order valence-corrected chi connectivity index (χ2v) is 17.6. The number of aryl methyl sites for hydroxylation is 1. The summed E-state index contributed by atoms with van der Waals surface area (Å²) in [6.07, 6.45) is 7.26. The molecule has 6 amide bonds. The average molecular weight is 964 g/mol. The third-order valence-electron chi connectivity index (χ3n) is 12.9. The van der Waals surface area contributed by atoms with Gasteiger partial charge in [0.2, 0.25) is 29.6 Å². The Kier molecular flexibility index (Phi) is 16.0. The van der Waals surface area contributed by atoms with E-state index >= 15 is 0 Å². The summed E-state index contributed by atoms with van der Waals surface area (Å²) >= 11 is 0. The Morgan fingerprint density at radius 3 is 2.27 bits per heavy atom. The van der Waals surface area contributed by atoms with E-state index in [9.17, 15) is 38.4 Å². The zero-order chi connectivity index (χ0) is 49.3. The van der Waals surface area contributed by atoms with E-state index in [4.69, 9.17) is 19.2 Å². The van der Waals surface area contributed by atoms with Crippen LogP contribution in [0, 0.1) is 6.92 Å². The number of carbonyl (C=O) groups is 7. The highest BCUT2D eigenvalue weighted by molar-refractivity contribution is 6.24. The molecule has 4 aromatic rings. The summed E-state index contributed by atoms with van der Waals surface area (Å²) in [7, 11) is 0. The number of piperazine rings is 1. The number of amides is 6. The van der Waals surface area contributed by atoms with Gasteiger partial charge < -0.3 is 35.1 Å². The maximum absolute atomic E-state index is 13.6. The number of ether oxygens (including phenoxy) is 3. The summed E-state index contributed by atoms with van der Waals surface area (Å²) in [5.41, 5.74) is 2.60. The van der Waals surface area contributed by atoms with Gasteiger partial charge in [-0.3, -0.25) is 58.0 Å². The number of benzene rings is 1. The minimum atomic E-state index is -1.08. The third kappa shape index (κ3) is 11.4. The standard InChI is InChI=1S/C48H57N11O11/c1-29-35-26-52-48(55-43(35)58(32-7-3-4-8-32)46(66)41(29)30(2)60)53-37-12-10-33(25-50-37)57-17-15-56(16-18-57)27-39(62)49-14-19-68-20-21-69-22-23-70-28-40(63)51-24-31-6-5-9-34-42(31)47(67)59(45(34)65)36-11-13-38(61)54-44(36)64/h5-6,9-10,12,25-26,32,36H,3-4,7-8,11,13-24,27-28H2,1-2H3,(H,49,62)(H,51,63)(H,54,61,64)(H,50,52,53,55). The highest BCUT2D eigenvalue weighted by Gasteiger charge is 2.45. The van der Waals surface area contributed by atoms with E-state index in [1.165, 1.54) is 13.0 Å². The number of carbonyl (C=O) groups excluding carboxylic acids is 7. The van der Waals surface area contributed by atoms with E-state index in [1.54, 1.807) is 36.0 Å².